The van der Waals surface area contributed by atoms with Crippen LogP contribution in [0.2, 0.25) is 0 Å². The molecule has 0 bridgehead atoms. The number of anilines is 1. The smallest absolute Gasteiger partial charge is 0.214 e. The maximum Gasteiger partial charge on any atom is 0.214 e. The summed E-state index contributed by atoms with van der Waals surface area (Å²) in [5.74, 6) is -0.0554. The standard InChI is InChI=1S/C10H15FN2O/c1-2-4-8(14)7-12-10-6-3-5-9(11)13-10/h3,5-6,8,14H,2,4,7H2,1H3,(H,12,13). The van der Waals surface area contributed by atoms with Gasteiger partial charge in [-0.05, 0) is 18.6 Å². The Kier molecular flexibility index (Phi) is 4.32. The van der Waals surface area contributed by atoms with Gasteiger partial charge in [-0.15, -0.1) is 0 Å². The van der Waals surface area contributed by atoms with E-state index in [1.54, 1.807) is 12.1 Å². The lowest BCUT2D eigenvalue weighted by Gasteiger charge is -2.10. The van der Waals surface area contributed by atoms with Crippen molar-refractivity contribution in [2.45, 2.75) is 25.9 Å². The summed E-state index contributed by atoms with van der Waals surface area (Å²) in [5.41, 5.74) is 0. The number of aliphatic hydroxyl groups excluding tert-OH is 1. The van der Waals surface area contributed by atoms with Crippen molar-refractivity contribution < 1.29 is 9.50 Å². The molecule has 2 N–H and O–H groups in total. The molecular formula is C10H15FN2O. The van der Waals surface area contributed by atoms with E-state index in [9.17, 15) is 9.50 Å². The van der Waals surface area contributed by atoms with Crippen LogP contribution >= 0.6 is 0 Å². The lowest BCUT2D eigenvalue weighted by molar-refractivity contribution is 0.176. The molecule has 3 nitrogen and oxygen atoms in total. The summed E-state index contributed by atoms with van der Waals surface area (Å²) in [6.45, 7) is 2.41. The summed E-state index contributed by atoms with van der Waals surface area (Å²) in [6.07, 6.45) is 1.27. The minimum absolute atomic E-state index is 0.398. The second-order valence-electron chi connectivity index (χ2n) is 3.17. The Morgan fingerprint density at radius 2 is 2.36 bits per heavy atom. The zero-order valence-corrected chi connectivity index (χ0v) is 8.20. The molecule has 14 heavy (non-hydrogen) atoms. The predicted octanol–water partition coefficient (Wildman–Crippen LogP) is 1.79. The maximum atomic E-state index is 12.6. The second-order valence-corrected chi connectivity index (χ2v) is 3.17. The van der Waals surface area contributed by atoms with Gasteiger partial charge in [0.15, 0.2) is 0 Å². The van der Waals surface area contributed by atoms with Gasteiger partial charge < -0.3 is 10.4 Å². The van der Waals surface area contributed by atoms with Crippen LogP contribution in [0.25, 0.3) is 0 Å². The molecule has 1 aromatic heterocycles. The molecule has 0 aromatic carbocycles. The predicted molar refractivity (Wildman–Crippen MR) is 53.6 cm³/mol. The largest absolute Gasteiger partial charge is 0.391 e. The fraction of sp³-hybridized carbons (Fsp3) is 0.500. The first-order chi connectivity index (χ1) is 6.72. The van der Waals surface area contributed by atoms with Crippen molar-refractivity contribution in [2.75, 3.05) is 11.9 Å². The summed E-state index contributed by atoms with van der Waals surface area (Å²) in [5, 5.41) is 12.3. The quantitative estimate of drug-likeness (QED) is 0.709. The highest BCUT2D eigenvalue weighted by Crippen LogP contribution is 2.04. The molecule has 1 unspecified atom stereocenters. The molecule has 0 amide bonds. The number of hydrogen-bond acceptors (Lipinski definition) is 3. The minimum atomic E-state index is -0.514. The first-order valence-corrected chi connectivity index (χ1v) is 4.77. The Morgan fingerprint density at radius 1 is 1.57 bits per heavy atom. The van der Waals surface area contributed by atoms with Crippen LogP contribution in [0.4, 0.5) is 10.2 Å². The van der Waals surface area contributed by atoms with Crippen LogP contribution < -0.4 is 5.32 Å². The van der Waals surface area contributed by atoms with E-state index in [-0.39, 0.29) is 0 Å². The third-order valence-corrected chi connectivity index (χ3v) is 1.86. The van der Waals surface area contributed by atoms with Gasteiger partial charge in [0.1, 0.15) is 5.82 Å². The first-order valence-electron chi connectivity index (χ1n) is 4.77. The number of nitrogens with zero attached hydrogens (tertiary/aromatic N) is 1. The van der Waals surface area contributed by atoms with Crippen LogP contribution in [-0.2, 0) is 0 Å². The highest BCUT2D eigenvalue weighted by atomic mass is 19.1. The van der Waals surface area contributed by atoms with E-state index in [0.29, 0.717) is 12.4 Å². The highest BCUT2D eigenvalue weighted by molar-refractivity contribution is 5.33. The van der Waals surface area contributed by atoms with Gasteiger partial charge in [-0.2, -0.15) is 4.39 Å². The van der Waals surface area contributed by atoms with Crippen molar-refractivity contribution in [1.29, 1.82) is 0 Å². The van der Waals surface area contributed by atoms with Gasteiger partial charge in [-0.25, -0.2) is 4.98 Å². The number of hydrogen-bond donors (Lipinski definition) is 2. The topological polar surface area (TPSA) is 45.1 Å². The SMILES string of the molecule is CCCC(O)CNc1cccc(F)n1. The molecule has 1 heterocycles. The summed E-state index contributed by atoms with van der Waals surface area (Å²) < 4.78 is 12.6. The van der Waals surface area contributed by atoms with E-state index in [1.807, 2.05) is 6.92 Å². The molecular weight excluding hydrogens is 183 g/mol. The number of aromatic nitrogens is 1. The normalized spacial score (nSPS) is 12.5. The van der Waals surface area contributed by atoms with Crippen LogP contribution in [-0.4, -0.2) is 22.7 Å². The molecule has 1 aromatic rings. The van der Waals surface area contributed by atoms with E-state index in [1.165, 1.54) is 6.07 Å². The van der Waals surface area contributed by atoms with E-state index in [4.69, 9.17) is 0 Å². The Balaban J connectivity index is 2.37. The molecule has 1 atom stereocenters. The summed E-state index contributed by atoms with van der Waals surface area (Å²) in [4.78, 5) is 3.62. The molecule has 78 valence electrons. The van der Waals surface area contributed by atoms with Crippen molar-refractivity contribution in [3.05, 3.63) is 24.1 Å². The zero-order chi connectivity index (χ0) is 10.4. The third-order valence-electron chi connectivity index (χ3n) is 1.86. The molecule has 0 saturated heterocycles. The van der Waals surface area contributed by atoms with E-state index in [0.717, 1.165) is 12.8 Å². The van der Waals surface area contributed by atoms with Crippen molar-refractivity contribution in [1.82, 2.24) is 4.98 Å². The average Bonchev–Trinajstić information content (AvgIpc) is 2.15. The van der Waals surface area contributed by atoms with Gasteiger partial charge in [0, 0.05) is 6.54 Å². The van der Waals surface area contributed by atoms with Crippen molar-refractivity contribution >= 4 is 5.82 Å². The van der Waals surface area contributed by atoms with Gasteiger partial charge >= 0.3 is 0 Å². The maximum absolute atomic E-state index is 12.6. The first kappa shape index (κ1) is 10.9. The summed E-state index contributed by atoms with van der Waals surface area (Å²) in [7, 11) is 0. The highest BCUT2D eigenvalue weighted by Gasteiger charge is 2.02. The van der Waals surface area contributed by atoms with Crippen LogP contribution in [0.5, 0.6) is 0 Å². The number of rotatable bonds is 5. The average molecular weight is 198 g/mol. The van der Waals surface area contributed by atoms with Crippen LogP contribution in [0.15, 0.2) is 18.2 Å². The van der Waals surface area contributed by atoms with Crippen molar-refractivity contribution in [3.63, 3.8) is 0 Å². The lowest BCUT2D eigenvalue weighted by atomic mass is 10.2. The Bertz CT molecular complexity index is 281. The fourth-order valence-corrected chi connectivity index (χ4v) is 1.16. The summed E-state index contributed by atoms with van der Waals surface area (Å²) in [6, 6.07) is 4.53. The second kappa shape index (κ2) is 5.54. The lowest BCUT2D eigenvalue weighted by Crippen LogP contribution is -2.19. The Hall–Kier alpha value is -1.16. The number of pyridine rings is 1. The molecule has 0 saturated carbocycles. The Morgan fingerprint density at radius 3 is 3.00 bits per heavy atom. The third kappa shape index (κ3) is 3.70. The number of aliphatic hydroxyl groups is 1. The number of halogens is 1. The summed E-state index contributed by atoms with van der Waals surface area (Å²) >= 11 is 0. The minimum Gasteiger partial charge on any atom is -0.391 e. The fourth-order valence-electron chi connectivity index (χ4n) is 1.16. The number of nitrogens with one attached hydrogen (secondary N) is 1. The van der Waals surface area contributed by atoms with Crippen molar-refractivity contribution in [3.8, 4) is 0 Å². The van der Waals surface area contributed by atoms with Crippen LogP contribution in [0, 0.1) is 5.95 Å². The van der Waals surface area contributed by atoms with Gasteiger partial charge in [0.2, 0.25) is 5.95 Å². The molecule has 0 aliphatic carbocycles. The molecule has 0 spiro atoms. The molecule has 0 radical (unpaired) electrons. The van der Waals surface area contributed by atoms with Gasteiger partial charge in [-0.1, -0.05) is 19.4 Å². The van der Waals surface area contributed by atoms with E-state index in [2.05, 4.69) is 10.3 Å². The van der Waals surface area contributed by atoms with Gasteiger partial charge in [-0.3, -0.25) is 0 Å². The van der Waals surface area contributed by atoms with Crippen molar-refractivity contribution in [2.24, 2.45) is 0 Å². The van der Waals surface area contributed by atoms with E-state index < -0.39 is 12.1 Å². The monoisotopic (exact) mass is 198 g/mol. The Labute approximate surface area is 83.0 Å². The van der Waals surface area contributed by atoms with E-state index >= 15 is 0 Å². The molecule has 0 fully saturated rings. The van der Waals surface area contributed by atoms with Gasteiger partial charge in [0.25, 0.3) is 0 Å². The molecule has 4 heteroatoms. The zero-order valence-electron chi connectivity index (χ0n) is 8.20. The van der Waals surface area contributed by atoms with Crippen LogP contribution in [0.1, 0.15) is 19.8 Å². The van der Waals surface area contributed by atoms with Gasteiger partial charge in [0.05, 0.1) is 6.10 Å². The molecule has 0 aliphatic rings. The van der Waals surface area contributed by atoms with Crippen LogP contribution in [0.3, 0.4) is 0 Å². The molecule has 0 aliphatic heterocycles. The molecule has 1 rings (SSSR count).